The first-order chi connectivity index (χ1) is 12.3. The van der Waals surface area contributed by atoms with E-state index in [1.54, 1.807) is 0 Å². The van der Waals surface area contributed by atoms with Gasteiger partial charge in [-0.15, -0.1) is 0 Å². The summed E-state index contributed by atoms with van der Waals surface area (Å²) in [6, 6.07) is 14.3. The monoisotopic (exact) mass is 361 g/mol. The van der Waals surface area contributed by atoms with Crippen LogP contribution in [0.3, 0.4) is 0 Å². The van der Waals surface area contributed by atoms with E-state index in [-0.39, 0.29) is 34.4 Å². The molecule has 3 aromatic rings. The number of rotatable bonds is 4. The average Bonchev–Trinajstić information content (AvgIpc) is 2.90. The van der Waals surface area contributed by atoms with Crippen LogP contribution in [0.4, 0.5) is 19.1 Å². The lowest BCUT2D eigenvalue weighted by Gasteiger charge is -2.10. The minimum Gasteiger partial charge on any atom is -0.504 e. The zero-order chi connectivity index (χ0) is 18.9. The minimum atomic E-state index is -4.48. The van der Waals surface area contributed by atoms with Crippen LogP contribution >= 0.6 is 0 Å². The van der Waals surface area contributed by atoms with E-state index in [1.165, 1.54) is 12.1 Å². The van der Waals surface area contributed by atoms with Crippen molar-refractivity contribution in [2.75, 3.05) is 5.73 Å². The zero-order valence-corrected chi connectivity index (χ0v) is 14.0. The van der Waals surface area contributed by atoms with Gasteiger partial charge in [0, 0.05) is 5.92 Å². The maximum absolute atomic E-state index is 12.9. The van der Waals surface area contributed by atoms with Crippen molar-refractivity contribution >= 4 is 5.88 Å². The maximum Gasteiger partial charge on any atom is 0.416 e. The quantitative estimate of drug-likeness (QED) is 0.636. The summed E-state index contributed by atoms with van der Waals surface area (Å²) >= 11 is 0. The standard InChI is InChI=1S/C20H18F3NO2/c1-12(10-13-6-3-2-4-7-13)18-17(25)16(19(24)26-18)14-8-5-9-15(11-14)20(21,22)23/h2-9,11-12,25H,10,24H2,1H3. The topological polar surface area (TPSA) is 59.4 Å². The van der Waals surface area contributed by atoms with Gasteiger partial charge in [-0.25, -0.2) is 0 Å². The van der Waals surface area contributed by atoms with E-state index in [1.807, 2.05) is 37.3 Å². The first-order valence-electron chi connectivity index (χ1n) is 8.10. The fraction of sp³-hybridized carbons (Fsp3) is 0.200. The van der Waals surface area contributed by atoms with Gasteiger partial charge in [0.15, 0.2) is 11.5 Å². The lowest BCUT2D eigenvalue weighted by atomic mass is 9.96. The van der Waals surface area contributed by atoms with Crippen molar-refractivity contribution in [3.05, 3.63) is 71.5 Å². The second-order valence-electron chi connectivity index (χ2n) is 6.22. The van der Waals surface area contributed by atoms with Gasteiger partial charge in [-0.1, -0.05) is 49.4 Å². The number of nitrogen functional groups attached to an aromatic ring is 1. The second-order valence-corrected chi connectivity index (χ2v) is 6.22. The summed E-state index contributed by atoms with van der Waals surface area (Å²) in [7, 11) is 0. The molecule has 0 spiro atoms. The van der Waals surface area contributed by atoms with Crippen LogP contribution < -0.4 is 5.73 Å². The predicted molar refractivity (Wildman–Crippen MR) is 93.8 cm³/mol. The Balaban J connectivity index is 1.96. The molecule has 1 heterocycles. The van der Waals surface area contributed by atoms with Gasteiger partial charge in [0.25, 0.3) is 0 Å². The van der Waals surface area contributed by atoms with Gasteiger partial charge in [0.1, 0.15) is 0 Å². The first kappa shape index (κ1) is 17.9. The Morgan fingerprint density at radius 2 is 1.77 bits per heavy atom. The molecular weight excluding hydrogens is 343 g/mol. The lowest BCUT2D eigenvalue weighted by molar-refractivity contribution is -0.137. The highest BCUT2D eigenvalue weighted by atomic mass is 19.4. The molecule has 0 aliphatic heterocycles. The van der Waals surface area contributed by atoms with Gasteiger partial charge >= 0.3 is 6.18 Å². The van der Waals surface area contributed by atoms with Crippen molar-refractivity contribution in [2.45, 2.75) is 25.4 Å². The van der Waals surface area contributed by atoms with E-state index in [4.69, 9.17) is 10.2 Å². The summed E-state index contributed by atoms with van der Waals surface area (Å²) in [5.74, 6) is -0.250. The van der Waals surface area contributed by atoms with Crippen molar-refractivity contribution in [3.63, 3.8) is 0 Å². The van der Waals surface area contributed by atoms with Crippen molar-refractivity contribution in [1.29, 1.82) is 0 Å². The summed E-state index contributed by atoms with van der Waals surface area (Å²) in [6.45, 7) is 1.86. The van der Waals surface area contributed by atoms with Crippen LogP contribution in [0.5, 0.6) is 5.75 Å². The molecular formula is C20H18F3NO2. The van der Waals surface area contributed by atoms with Crippen LogP contribution in [0.15, 0.2) is 59.0 Å². The van der Waals surface area contributed by atoms with E-state index in [0.29, 0.717) is 6.42 Å². The molecule has 3 N–H and O–H groups in total. The lowest BCUT2D eigenvalue weighted by Crippen LogP contribution is -2.04. The fourth-order valence-electron chi connectivity index (χ4n) is 2.98. The molecule has 0 fully saturated rings. The highest BCUT2D eigenvalue weighted by Gasteiger charge is 2.31. The molecule has 0 aliphatic rings. The molecule has 26 heavy (non-hydrogen) atoms. The Labute approximate surface area is 148 Å². The van der Waals surface area contributed by atoms with Crippen molar-refractivity contribution < 1.29 is 22.7 Å². The Morgan fingerprint density at radius 1 is 1.08 bits per heavy atom. The highest BCUT2D eigenvalue weighted by Crippen LogP contribution is 2.44. The molecule has 136 valence electrons. The van der Waals surface area contributed by atoms with Crippen molar-refractivity contribution in [1.82, 2.24) is 0 Å². The number of furan rings is 1. The van der Waals surface area contributed by atoms with E-state index in [2.05, 4.69) is 0 Å². The third-order valence-electron chi connectivity index (χ3n) is 4.25. The third-order valence-corrected chi connectivity index (χ3v) is 4.25. The summed E-state index contributed by atoms with van der Waals surface area (Å²) in [5, 5.41) is 10.6. The normalized spacial score (nSPS) is 12.9. The van der Waals surface area contributed by atoms with Crippen LogP contribution in [0.1, 0.15) is 29.7 Å². The molecule has 0 bridgehead atoms. The Morgan fingerprint density at radius 3 is 2.42 bits per heavy atom. The van der Waals surface area contributed by atoms with Gasteiger partial charge in [-0.3, -0.25) is 0 Å². The number of halogens is 3. The predicted octanol–water partition coefficient (Wildman–Crippen LogP) is 5.60. The molecule has 0 amide bonds. The fourth-order valence-corrected chi connectivity index (χ4v) is 2.98. The second kappa shape index (κ2) is 6.78. The van der Waals surface area contributed by atoms with Crippen LogP contribution in [-0.4, -0.2) is 5.11 Å². The Hall–Kier alpha value is -2.89. The first-order valence-corrected chi connectivity index (χ1v) is 8.10. The van der Waals surface area contributed by atoms with E-state index < -0.39 is 11.7 Å². The largest absolute Gasteiger partial charge is 0.504 e. The smallest absolute Gasteiger partial charge is 0.416 e. The molecule has 0 saturated heterocycles. The number of aromatic hydroxyl groups is 1. The Kier molecular flexibility index (Phi) is 4.68. The highest BCUT2D eigenvalue weighted by molar-refractivity contribution is 5.80. The summed E-state index contributed by atoms with van der Waals surface area (Å²) in [6.07, 6.45) is -3.88. The minimum absolute atomic E-state index is 0.0889. The molecule has 1 aromatic heterocycles. The number of nitrogens with two attached hydrogens (primary N) is 1. The van der Waals surface area contributed by atoms with Crippen LogP contribution in [-0.2, 0) is 12.6 Å². The average molecular weight is 361 g/mol. The zero-order valence-electron chi connectivity index (χ0n) is 14.0. The van der Waals surface area contributed by atoms with Gasteiger partial charge in [0.2, 0.25) is 5.88 Å². The van der Waals surface area contributed by atoms with Crippen LogP contribution in [0, 0.1) is 0 Å². The van der Waals surface area contributed by atoms with E-state index in [0.717, 1.165) is 17.7 Å². The van der Waals surface area contributed by atoms with Gasteiger partial charge in [-0.2, -0.15) is 13.2 Å². The molecule has 3 nitrogen and oxygen atoms in total. The number of hydrogen-bond donors (Lipinski definition) is 2. The number of anilines is 1. The molecule has 1 unspecified atom stereocenters. The summed E-state index contributed by atoms with van der Waals surface area (Å²) < 4.78 is 44.3. The summed E-state index contributed by atoms with van der Waals surface area (Å²) in [5.41, 5.74) is 6.35. The SMILES string of the molecule is CC(Cc1ccccc1)c1oc(N)c(-c2cccc(C(F)(F)F)c2)c1O. The number of benzene rings is 2. The van der Waals surface area contributed by atoms with Gasteiger partial charge in [0.05, 0.1) is 11.1 Å². The van der Waals surface area contributed by atoms with Crippen molar-refractivity contribution in [2.24, 2.45) is 0 Å². The van der Waals surface area contributed by atoms with E-state index in [9.17, 15) is 18.3 Å². The van der Waals surface area contributed by atoms with Crippen molar-refractivity contribution in [3.8, 4) is 16.9 Å². The summed E-state index contributed by atoms with van der Waals surface area (Å²) in [4.78, 5) is 0. The Bertz CT molecular complexity index is 901. The molecule has 0 radical (unpaired) electrons. The van der Waals surface area contributed by atoms with E-state index >= 15 is 0 Å². The van der Waals surface area contributed by atoms with Crippen LogP contribution in [0.2, 0.25) is 0 Å². The maximum atomic E-state index is 12.9. The number of alkyl halides is 3. The molecule has 3 rings (SSSR count). The van der Waals surface area contributed by atoms with Gasteiger partial charge < -0.3 is 15.3 Å². The van der Waals surface area contributed by atoms with Gasteiger partial charge in [-0.05, 0) is 29.7 Å². The third kappa shape index (κ3) is 3.54. The number of hydrogen-bond acceptors (Lipinski definition) is 3. The molecule has 2 aromatic carbocycles. The molecule has 0 aliphatic carbocycles. The van der Waals surface area contributed by atoms with Crippen LogP contribution in [0.25, 0.3) is 11.1 Å². The molecule has 1 atom stereocenters. The molecule has 0 saturated carbocycles. The molecule has 6 heteroatoms.